The molecule has 0 saturated carbocycles. The number of fused-ring (bicyclic) bond motifs is 1. The van der Waals surface area contributed by atoms with Crippen molar-refractivity contribution in [3.05, 3.63) is 48.3 Å². The van der Waals surface area contributed by atoms with Crippen LogP contribution in [0.1, 0.15) is 12.1 Å². The van der Waals surface area contributed by atoms with Gasteiger partial charge in [-0.15, -0.1) is 0 Å². The summed E-state index contributed by atoms with van der Waals surface area (Å²) < 4.78 is 40.5. The molecule has 0 aromatic carbocycles. The number of halogens is 3. The maximum absolute atomic E-state index is 13.1. The number of imidazole rings is 1. The molecule has 4 N–H and O–H groups in total. The van der Waals surface area contributed by atoms with Gasteiger partial charge in [-0.25, -0.2) is 19.9 Å². The van der Waals surface area contributed by atoms with Gasteiger partial charge in [0.25, 0.3) is 0 Å². The third-order valence-corrected chi connectivity index (χ3v) is 5.24. The highest BCUT2D eigenvalue weighted by molar-refractivity contribution is 5.76. The van der Waals surface area contributed by atoms with Crippen molar-refractivity contribution in [3.8, 4) is 11.5 Å². The van der Waals surface area contributed by atoms with E-state index in [1.165, 1.54) is 23.0 Å². The van der Waals surface area contributed by atoms with Crippen LogP contribution in [-0.2, 0) is 6.18 Å². The van der Waals surface area contributed by atoms with Gasteiger partial charge in [0.1, 0.15) is 11.5 Å². The first-order valence-corrected chi connectivity index (χ1v) is 9.41. The van der Waals surface area contributed by atoms with Crippen molar-refractivity contribution in [2.75, 3.05) is 18.0 Å². The zero-order valence-corrected chi connectivity index (χ0v) is 16.2. The summed E-state index contributed by atoms with van der Waals surface area (Å²) in [5.41, 5.74) is 5.58. The fourth-order valence-corrected chi connectivity index (χ4v) is 3.60. The molecular formula is C19H19F3N8O. The first kappa shape index (κ1) is 20.7. The van der Waals surface area contributed by atoms with E-state index in [-0.39, 0.29) is 17.4 Å². The highest BCUT2D eigenvalue weighted by atomic mass is 19.4. The minimum Gasteiger partial charge on any atom is -0.404 e. The molecule has 4 rings (SSSR count). The number of nitrogens with one attached hydrogen (secondary N) is 1. The number of aromatic nitrogens is 5. The van der Waals surface area contributed by atoms with Crippen LogP contribution in [0, 0.1) is 11.3 Å². The molecular weight excluding hydrogens is 413 g/mol. The minimum absolute atomic E-state index is 0.202. The van der Waals surface area contributed by atoms with Crippen LogP contribution in [0.3, 0.4) is 0 Å². The average molecular weight is 432 g/mol. The molecule has 0 bridgehead atoms. The average Bonchev–Trinajstić information content (AvgIpc) is 3.19. The van der Waals surface area contributed by atoms with E-state index in [0.29, 0.717) is 36.6 Å². The summed E-state index contributed by atoms with van der Waals surface area (Å²) in [7, 11) is 0. The Morgan fingerprint density at radius 2 is 2.06 bits per heavy atom. The Bertz CT molecular complexity index is 1140. The Labute approximate surface area is 174 Å². The predicted octanol–water partition coefficient (Wildman–Crippen LogP) is 1.88. The number of aliphatic hydroxyl groups excluding tert-OH is 1. The van der Waals surface area contributed by atoms with Gasteiger partial charge >= 0.3 is 6.18 Å². The third kappa shape index (κ3) is 3.93. The smallest absolute Gasteiger partial charge is 0.404 e. The Morgan fingerprint density at radius 1 is 1.26 bits per heavy atom. The first-order valence-electron chi connectivity index (χ1n) is 9.41. The molecule has 0 radical (unpaired) electrons. The van der Waals surface area contributed by atoms with E-state index in [2.05, 4.69) is 19.9 Å². The van der Waals surface area contributed by atoms with Gasteiger partial charge in [-0.3, -0.25) is 4.40 Å². The van der Waals surface area contributed by atoms with Gasteiger partial charge in [-0.1, -0.05) is 0 Å². The summed E-state index contributed by atoms with van der Waals surface area (Å²) in [5, 5.41) is 17.8. The van der Waals surface area contributed by atoms with Gasteiger partial charge in [0.2, 0.25) is 0 Å². The molecule has 1 aliphatic heterocycles. The number of nitrogens with two attached hydrogens (primary N) is 1. The molecule has 3 aromatic rings. The number of aliphatic hydroxyl groups is 1. The molecule has 12 heteroatoms. The highest BCUT2D eigenvalue weighted by Crippen LogP contribution is 2.30. The number of anilines is 1. The second-order valence-electron chi connectivity index (χ2n) is 7.10. The Morgan fingerprint density at radius 3 is 2.77 bits per heavy atom. The number of nitrogens with zero attached hydrogens (tertiary/aromatic N) is 6. The second-order valence-corrected chi connectivity index (χ2v) is 7.10. The molecule has 162 valence electrons. The van der Waals surface area contributed by atoms with Crippen molar-refractivity contribution < 1.29 is 18.3 Å². The number of rotatable bonds is 4. The SMILES string of the molecule is N=C/C(=C\N)C1CN(c2ccnc(-c3cnc4cnc(C(F)(F)F)cn34)n2)CCC1O. The van der Waals surface area contributed by atoms with Crippen molar-refractivity contribution in [1.82, 2.24) is 24.3 Å². The first-order chi connectivity index (χ1) is 14.8. The van der Waals surface area contributed by atoms with Gasteiger partial charge in [0.15, 0.2) is 17.2 Å². The maximum atomic E-state index is 13.1. The van der Waals surface area contributed by atoms with E-state index in [1.807, 2.05) is 4.90 Å². The Hall–Kier alpha value is -3.54. The molecule has 4 heterocycles. The van der Waals surface area contributed by atoms with Crippen LogP contribution in [0.25, 0.3) is 17.2 Å². The number of piperidine rings is 1. The van der Waals surface area contributed by atoms with Crippen LogP contribution in [0.15, 0.2) is 42.6 Å². The van der Waals surface area contributed by atoms with Gasteiger partial charge in [0, 0.05) is 37.6 Å². The molecule has 0 aliphatic carbocycles. The van der Waals surface area contributed by atoms with Gasteiger partial charge < -0.3 is 21.1 Å². The molecule has 31 heavy (non-hydrogen) atoms. The van der Waals surface area contributed by atoms with Crippen LogP contribution >= 0.6 is 0 Å². The van der Waals surface area contributed by atoms with E-state index >= 15 is 0 Å². The molecule has 1 saturated heterocycles. The van der Waals surface area contributed by atoms with Gasteiger partial charge in [-0.05, 0) is 24.3 Å². The van der Waals surface area contributed by atoms with Crippen molar-refractivity contribution in [2.45, 2.75) is 18.7 Å². The number of alkyl halides is 3. The van der Waals surface area contributed by atoms with Gasteiger partial charge in [-0.2, -0.15) is 13.2 Å². The second kappa shape index (κ2) is 7.95. The summed E-state index contributed by atoms with van der Waals surface area (Å²) >= 11 is 0. The minimum atomic E-state index is -4.59. The number of hydrogen-bond acceptors (Lipinski definition) is 8. The third-order valence-electron chi connectivity index (χ3n) is 5.24. The summed E-state index contributed by atoms with van der Waals surface area (Å²) in [6.07, 6.45) is 2.46. The lowest BCUT2D eigenvalue weighted by Crippen LogP contribution is -2.44. The standard InChI is InChI=1S/C19H19F3N8O/c20-19(21,22)15-10-30-13(7-27-17(30)8-26-15)18-25-3-1-16(28-18)29-4-2-14(31)12(9-29)11(5-23)6-24/h1,3,5-8,10,12,14,23,31H,2,4,9,24H2/b11-6+,23-5?. The van der Waals surface area contributed by atoms with Crippen molar-refractivity contribution >= 4 is 17.7 Å². The molecule has 1 aliphatic rings. The van der Waals surface area contributed by atoms with Gasteiger partial charge in [0.05, 0.1) is 18.5 Å². The van der Waals surface area contributed by atoms with Crippen LogP contribution in [0.5, 0.6) is 0 Å². The van der Waals surface area contributed by atoms with E-state index in [9.17, 15) is 18.3 Å². The zero-order chi connectivity index (χ0) is 22.2. The quantitative estimate of drug-likeness (QED) is 0.537. The molecule has 1 fully saturated rings. The summed E-state index contributed by atoms with van der Waals surface area (Å²) in [6, 6.07) is 1.68. The van der Waals surface area contributed by atoms with E-state index in [4.69, 9.17) is 11.1 Å². The molecule has 0 amide bonds. The highest BCUT2D eigenvalue weighted by Gasteiger charge is 2.33. The lowest BCUT2D eigenvalue weighted by atomic mass is 9.88. The zero-order valence-electron chi connectivity index (χ0n) is 16.2. The molecule has 9 nitrogen and oxygen atoms in total. The largest absolute Gasteiger partial charge is 0.434 e. The van der Waals surface area contributed by atoms with Crippen LogP contribution in [0.4, 0.5) is 19.0 Å². The number of hydrogen-bond donors (Lipinski definition) is 3. The molecule has 0 spiro atoms. The van der Waals surface area contributed by atoms with Crippen LogP contribution in [-0.4, -0.2) is 54.9 Å². The maximum Gasteiger partial charge on any atom is 0.434 e. The lowest BCUT2D eigenvalue weighted by molar-refractivity contribution is -0.141. The summed E-state index contributed by atoms with van der Waals surface area (Å²) in [4.78, 5) is 18.1. The van der Waals surface area contributed by atoms with E-state index < -0.39 is 18.0 Å². The Balaban J connectivity index is 1.68. The normalized spacial score (nSPS) is 20.3. The predicted molar refractivity (Wildman–Crippen MR) is 106 cm³/mol. The fraction of sp³-hybridized carbons (Fsp3) is 0.316. The van der Waals surface area contributed by atoms with Crippen molar-refractivity contribution in [2.24, 2.45) is 11.7 Å². The van der Waals surface area contributed by atoms with Crippen molar-refractivity contribution in [1.29, 1.82) is 5.41 Å². The van der Waals surface area contributed by atoms with Crippen LogP contribution in [0.2, 0.25) is 0 Å². The fourth-order valence-electron chi connectivity index (χ4n) is 3.60. The monoisotopic (exact) mass is 432 g/mol. The summed E-state index contributed by atoms with van der Waals surface area (Å²) in [5.74, 6) is 0.392. The lowest BCUT2D eigenvalue weighted by Gasteiger charge is -2.37. The van der Waals surface area contributed by atoms with E-state index in [0.717, 1.165) is 18.6 Å². The van der Waals surface area contributed by atoms with Crippen LogP contribution < -0.4 is 10.6 Å². The topological polar surface area (TPSA) is 129 Å². The van der Waals surface area contributed by atoms with E-state index in [1.54, 1.807) is 6.07 Å². The van der Waals surface area contributed by atoms with Crippen molar-refractivity contribution in [3.63, 3.8) is 0 Å². The molecule has 2 atom stereocenters. The molecule has 2 unspecified atom stereocenters. The summed E-state index contributed by atoms with van der Waals surface area (Å²) in [6.45, 7) is 0.893. The Kier molecular flexibility index (Phi) is 5.31. The molecule has 3 aromatic heterocycles.